The summed E-state index contributed by atoms with van der Waals surface area (Å²) in [7, 11) is 0.962. The SMILES string of the molecule is CN(C)S(=O)(=O)N(C)c1ccc(C(=O)N2CCCCCC2)cc1. The molecule has 0 aliphatic carbocycles. The monoisotopic (exact) mass is 339 g/mol. The molecule has 1 saturated heterocycles. The molecule has 0 unspecified atom stereocenters. The third kappa shape index (κ3) is 4.03. The molecule has 1 amide bonds. The highest BCUT2D eigenvalue weighted by molar-refractivity contribution is 7.90. The lowest BCUT2D eigenvalue weighted by Crippen LogP contribution is -2.37. The second kappa shape index (κ2) is 7.31. The molecule has 0 N–H and O–H groups in total. The van der Waals surface area contributed by atoms with E-state index in [0.717, 1.165) is 30.2 Å². The highest BCUT2D eigenvalue weighted by Crippen LogP contribution is 2.20. The van der Waals surface area contributed by atoms with Crippen LogP contribution in [0.2, 0.25) is 0 Å². The minimum Gasteiger partial charge on any atom is -0.339 e. The summed E-state index contributed by atoms with van der Waals surface area (Å²) in [4.78, 5) is 14.4. The molecule has 1 fully saturated rings. The number of carbonyl (C=O) groups is 1. The average Bonchev–Trinajstić information content (AvgIpc) is 2.82. The van der Waals surface area contributed by atoms with Gasteiger partial charge in [0.2, 0.25) is 0 Å². The van der Waals surface area contributed by atoms with Gasteiger partial charge in [0.05, 0.1) is 5.69 Å². The van der Waals surface area contributed by atoms with E-state index < -0.39 is 10.2 Å². The predicted molar refractivity (Wildman–Crippen MR) is 91.8 cm³/mol. The standard InChI is InChI=1S/C16H25N3O3S/c1-17(2)23(21,22)18(3)15-10-8-14(9-11-15)16(20)19-12-6-4-5-7-13-19/h8-11H,4-7,12-13H2,1-3H3. The van der Waals surface area contributed by atoms with Gasteiger partial charge >= 0.3 is 10.2 Å². The van der Waals surface area contributed by atoms with Crippen molar-refractivity contribution in [2.45, 2.75) is 25.7 Å². The van der Waals surface area contributed by atoms with Gasteiger partial charge in [-0.25, -0.2) is 0 Å². The van der Waals surface area contributed by atoms with Crippen molar-refractivity contribution in [1.82, 2.24) is 9.21 Å². The first-order chi connectivity index (χ1) is 10.8. The van der Waals surface area contributed by atoms with E-state index in [4.69, 9.17) is 0 Å². The van der Waals surface area contributed by atoms with Gasteiger partial charge in [-0.1, -0.05) is 12.8 Å². The van der Waals surface area contributed by atoms with Gasteiger partial charge < -0.3 is 4.90 Å². The number of hydrogen-bond acceptors (Lipinski definition) is 3. The lowest BCUT2D eigenvalue weighted by atomic mass is 10.1. The van der Waals surface area contributed by atoms with Crippen LogP contribution in [0.5, 0.6) is 0 Å². The summed E-state index contributed by atoms with van der Waals surface area (Å²) in [6.07, 6.45) is 4.45. The minimum atomic E-state index is -3.52. The number of carbonyl (C=O) groups excluding carboxylic acids is 1. The van der Waals surface area contributed by atoms with Crippen LogP contribution in [0.4, 0.5) is 5.69 Å². The molecule has 128 valence electrons. The van der Waals surface area contributed by atoms with Crippen molar-refractivity contribution in [3.05, 3.63) is 29.8 Å². The van der Waals surface area contributed by atoms with E-state index in [9.17, 15) is 13.2 Å². The molecule has 1 aliphatic heterocycles. The maximum Gasteiger partial charge on any atom is 0.303 e. The molecular formula is C16H25N3O3S. The van der Waals surface area contributed by atoms with Crippen molar-refractivity contribution >= 4 is 21.8 Å². The fourth-order valence-corrected chi connectivity index (χ4v) is 3.53. The zero-order valence-corrected chi connectivity index (χ0v) is 14.8. The van der Waals surface area contributed by atoms with Gasteiger partial charge in [0.15, 0.2) is 0 Å². The topological polar surface area (TPSA) is 60.9 Å². The molecule has 0 aromatic heterocycles. The van der Waals surface area contributed by atoms with Crippen molar-refractivity contribution < 1.29 is 13.2 Å². The number of likely N-dealkylation sites (tertiary alicyclic amines) is 1. The Hall–Kier alpha value is -1.60. The summed E-state index contributed by atoms with van der Waals surface area (Å²) in [5.41, 5.74) is 1.14. The second-order valence-corrected chi connectivity index (χ2v) is 8.18. The van der Waals surface area contributed by atoms with Gasteiger partial charge in [-0.15, -0.1) is 0 Å². The fourth-order valence-electron chi connectivity index (χ4n) is 2.65. The third-order valence-electron chi connectivity index (χ3n) is 4.18. The third-order valence-corrected chi connectivity index (χ3v) is 6.00. The first kappa shape index (κ1) is 17.7. The maximum atomic E-state index is 12.5. The van der Waals surface area contributed by atoms with E-state index in [-0.39, 0.29) is 5.91 Å². The number of benzene rings is 1. The molecule has 2 rings (SSSR count). The van der Waals surface area contributed by atoms with E-state index in [1.165, 1.54) is 38.3 Å². The first-order valence-electron chi connectivity index (χ1n) is 7.90. The smallest absolute Gasteiger partial charge is 0.303 e. The van der Waals surface area contributed by atoms with Gasteiger partial charge in [0.25, 0.3) is 5.91 Å². The van der Waals surface area contributed by atoms with E-state index in [1.54, 1.807) is 24.3 Å². The Bertz CT molecular complexity index is 633. The number of rotatable bonds is 4. The van der Waals surface area contributed by atoms with Gasteiger partial charge in [-0.05, 0) is 37.1 Å². The quantitative estimate of drug-likeness (QED) is 0.842. The van der Waals surface area contributed by atoms with Gasteiger partial charge in [-0.2, -0.15) is 12.7 Å². The normalized spacial score (nSPS) is 16.3. The molecule has 0 atom stereocenters. The van der Waals surface area contributed by atoms with Crippen LogP contribution in [0, 0.1) is 0 Å². The van der Waals surface area contributed by atoms with Crippen LogP contribution < -0.4 is 4.31 Å². The molecule has 1 aliphatic rings. The Kier molecular flexibility index (Phi) is 5.64. The van der Waals surface area contributed by atoms with Gasteiger partial charge in [0.1, 0.15) is 0 Å². The minimum absolute atomic E-state index is 0.0246. The summed E-state index contributed by atoms with van der Waals surface area (Å²) in [5.74, 6) is 0.0246. The number of nitrogens with zero attached hydrogens (tertiary/aromatic N) is 3. The van der Waals surface area contributed by atoms with Crippen LogP contribution in [-0.4, -0.2) is 57.8 Å². The van der Waals surface area contributed by atoms with Crippen LogP contribution in [0.15, 0.2) is 24.3 Å². The predicted octanol–water partition coefficient (Wildman–Crippen LogP) is 1.95. The highest BCUT2D eigenvalue weighted by Gasteiger charge is 2.22. The lowest BCUT2D eigenvalue weighted by molar-refractivity contribution is 0.0761. The largest absolute Gasteiger partial charge is 0.339 e. The molecule has 23 heavy (non-hydrogen) atoms. The molecule has 0 radical (unpaired) electrons. The molecule has 1 aromatic carbocycles. The molecule has 0 bridgehead atoms. The molecule has 7 heteroatoms. The summed E-state index contributed by atoms with van der Waals surface area (Å²) in [6, 6.07) is 6.74. The van der Waals surface area contributed by atoms with Crippen LogP contribution in [-0.2, 0) is 10.2 Å². The second-order valence-electron chi connectivity index (χ2n) is 6.01. The van der Waals surface area contributed by atoms with E-state index in [0.29, 0.717) is 11.3 Å². The molecular weight excluding hydrogens is 314 g/mol. The van der Waals surface area contributed by atoms with Crippen molar-refractivity contribution in [3.63, 3.8) is 0 Å². The van der Waals surface area contributed by atoms with Crippen molar-refractivity contribution in [2.24, 2.45) is 0 Å². The highest BCUT2D eigenvalue weighted by atomic mass is 32.2. The fraction of sp³-hybridized carbons (Fsp3) is 0.562. The average molecular weight is 339 g/mol. The van der Waals surface area contributed by atoms with Crippen LogP contribution in [0.1, 0.15) is 36.0 Å². The number of hydrogen-bond donors (Lipinski definition) is 0. The molecule has 0 spiro atoms. The van der Waals surface area contributed by atoms with Crippen LogP contribution in [0.3, 0.4) is 0 Å². The summed E-state index contributed by atoms with van der Waals surface area (Å²) in [5, 5.41) is 0. The number of anilines is 1. The maximum absolute atomic E-state index is 12.5. The van der Waals surface area contributed by atoms with E-state index >= 15 is 0 Å². The van der Waals surface area contributed by atoms with Crippen molar-refractivity contribution in [2.75, 3.05) is 38.5 Å². The van der Waals surface area contributed by atoms with Gasteiger partial charge in [0, 0.05) is 39.8 Å². The molecule has 0 saturated carbocycles. The molecule has 1 aromatic rings. The lowest BCUT2D eigenvalue weighted by Gasteiger charge is -2.24. The zero-order chi connectivity index (χ0) is 17.0. The first-order valence-corrected chi connectivity index (χ1v) is 9.29. The molecule has 6 nitrogen and oxygen atoms in total. The Morgan fingerprint density at radius 2 is 1.48 bits per heavy atom. The Morgan fingerprint density at radius 1 is 0.957 bits per heavy atom. The van der Waals surface area contributed by atoms with E-state index in [2.05, 4.69) is 0 Å². The Morgan fingerprint density at radius 3 is 1.96 bits per heavy atom. The summed E-state index contributed by atoms with van der Waals surface area (Å²) in [6.45, 7) is 1.60. The zero-order valence-electron chi connectivity index (χ0n) is 14.0. The number of amides is 1. The summed E-state index contributed by atoms with van der Waals surface area (Å²) >= 11 is 0. The Labute approximate surface area is 138 Å². The molecule has 1 heterocycles. The van der Waals surface area contributed by atoms with E-state index in [1.807, 2.05) is 4.90 Å². The van der Waals surface area contributed by atoms with Crippen molar-refractivity contribution in [3.8, 4) is 0 Å². The summed E-state index contributed by atoms with van der Waals surface area (Å²) < 4.78 is 26.6. The van der Waals surface area contributed by atoms with Crippen LogP contribution in [0.25, 0.3) is 0 Å². The van der Waals surface area contributed by atoms with Gasteiger partial charge in [-0.3, -0.25) is 9.10 Å². The van der Waals surface area contributed by atoms with Crippen molar-refractivity contribution in [1.29, 1.82) is 0 Å². The van der Waals surface area contributed by atoms with Crippen LogP contribution >= 0.6 is 0 Å². The Balaban J connectivity index is 2.14.